The van der Waals surface area contributed by atoms with Crippen molar-refractivity contribution in [1.82, 2.24) is 10.2 Å². The van der Waals surface area contributed by atoms with Crippen molar-refractivity contribution < 1.29 is 4.79 Å². The van der Waals surface area contributed by atoms with Crippen LogP contribution in [0.2, 0.25) is 0 Å². The molecule has 1 fully saturated rings. The van der Waals surface area contributed by atoms with Crippen molar-refractivity contribution >= 4 is 11.6 Å². The molecule has 1 amide bonds. The molecule has 0 unspecified atom stereocenters. The molecule has 0 aromatic heterocycles. The summed E-state index contributed by atoms with van der Waals surface area (Å²) in [5.41, 5.74) is 2.33. The van der Waals surface area contributed by atoms with E-state index in [0.29, 0.717) is 6.54 Å². The van der Waals surface area contributed by atoms with Gasteiger partial charge in [0, 0.05) is 38.9 Å². The number of amides is 1. The fraction of sp³-hybridized carbons (Fsp3) is 0.500. The molecule has 1 aromatic carbocycles. The Morgan fingerprint density at radius 1 is 1.33 bits per heavy atom. The Hall–Kier alpha value is -1.55. The molecule has 18 heavy (non-hydrogen) atoms. The van der Waals surface area contributed by atoms with Crippen molar-refractivity contribution in [1.29, 1.82) is 0 Å². The maximum atomic E-state index is 12.1. The van der Waals surface area contributed by atoms with Gasteiger partial charge in [-0.05, 0) is 18.6 Å². The Morgan fingerprint density at radius 2 is 2.00 bits per heavy atom. The third kappa shape index (κ3) is 3.01. The van der Waals surface area contributed by atoms with E-state index >= 15 is 0 Å². The highest BCUT2D eigenvalue weighted by atomic mass is 16.2. The van der Waals surface area contributed by atoms with E-state index in [1.807, 2.05) is 29.0 Å². The first-order valence-electron chi connectivity index (χ1n) is 6.44. The van der Waals surface area contributed by atoms with Crippen LogP contribution in [0.25, 0.3) is 0 Å². The number of hydrogen-bond donors (Lipinski definition) is 1. The van der Waals surface area contributed by atoms with Crippen LogP contribution < -0.4 is 10.2 Å². The lowest BCUT2D eigenvalue weighted by Gasteiger charge is -2.30. The number of likely N-dealkylation sites (N-methyl/N-ethyl adjacent to an activating group) is 1. The van der Waals surface area contributed by atoms with E-state index in [1.165, 1.54) is 5.56 Å². The Balaban J connectivity index is 1.96. The molecule has 98 valence electrons. The summed E-state index contributed by atoms with van der Waals surface area (Å²) in [7, 11) is 1.97. The zero-order valence-electron chi connectivity index (χ0n) is 11.1. The van der Waals surface area contributed by atoms with Crippen LogP contribution in [0, 0.1) is 6.92 Å². The molecule has 1 aliphatic rings. The minimum Gasteiger partial charge on any atom is -0.365 e. The van der Waals surface area contributed by atoms with Gasteiger partial charge in [0.2, 0.25) is 5.91 Å². The van der Waals surface area contributed by atoms with E-state index in [1.54, 1.807) is 0 Å². The van der Waals surface area contributed by atoms with Crippen molar-refractivity contribution in [2.45, 2.75) is 6.92 Å². The van der Waals surface area contributed by atoms with Gasteiger partial charge in [0.25, 0.3) is 0 Å². The van der Waals surface area contributed by atoms with Gasteiger partial charge in [-0.15, -0.1) is 0 Å². The first-order valence-corrected chi connectivity index (χ1v) is 6.44. The first-order chi connectivity index (χ1) is 8.68. The predicted octanol–water partition coefficient (Wildman–Crippen LogP) is 0.863. The molecule has 1 aromatic rings. The summed E-state index contributed by atoms with van der Waals surface area (Å²) in [6, 6.07) is 8.15. The normalized spacial score (nSPS) is 15.6. The maximum Gasteiger partial charge on any atom is 0.242 e. The molecule has 1 saturated heterocycles. The van der Waals surface area contributed by atoms with Crippen LogP contribution in [-0.4, -0.2) is 50.6 Å². The zero-order valence-corrected chi connectivity index (χ0v) is 11.1. The average Bonchev–Trinajstić information content (AvgIpc) is 2.40. The largest absolute Gasteiger partial charge is 0.365 e. The SMILES string of the molecule is Cc1ccccc1N(C)CC(=O)N1CCNCC1. The summed E-state index contributed by atoms with van der Waals surface area (Å²) in [5, 5.41) is 3.26. The number of rotatable bonds is 3. The molecule has 0 bridgehead atoms. The number of hydrogen-bond acceptors (Lipinski definition) is 3. The molecule has 0 radical (unpaired) electrons. The van der Waals surface area contributed by atoms with Gasteiger partial charge in [0.15, 0.2) is 0 Å². The Morgan fingerprint density at radius 3 is 2.67 bits per heavy atom. The van der Waals surface area contributed by atoms with Gasteiger partial charge in [0.05, 0.1) is 6.54 Å². The fourth-order valence-electron chi connectivity index (χ4n) is 2.29. The lowest BCUT2D eigenvalue weighted by molar-refractivity contribution is -0.130. The zero-order chi connectivity index (χ0) is 13.0. The minimum atomic E-state index is 0.210. The highest BCUT2D eigenvalue weighted by molar-refractivity contribution is 5.81. The molecule has 4 heteroatoms. The Labute approximate surface area is 109 Å². The fourth-order valence-corrected chi connectivity index (χ4v) is 2.29. The first kappa shape index (κ1) is 12.9. The van der Waals surface area contributed by atoms with Crippen molar-refractivity contribution in [2.75, 3.05) is 44.7 Å². The molecular weight excluding hydrogens is 226 g/mol. The number of nitrogens with zero attached hydrogens (tertiary/aromatic N) is 2. The van der Waals surface area contributed by atoms with Gasteiger partial charge in [-0.1, -0.05) is 18.2 Å². The number of carbonyl (C=O) groups excluding carboxylic acids is 1. The van der Waals surface area contributed by atoms with Crippen molar-refractivity contribution in [2.24, 2.45) is 0 Å². The molecule has 0 spiro atoms. The summed E-state index contributed by atoms with van der Waals surface area (Å²) < 4.78 is 0. The van der Waals surface area contributed by atoms with E-state index in [9.17, 15) is 4.79 Å². The third-order valence-corrected chi connectivity index (χ3v) is 3.37. The Kier molecular flexibility index (Phi) is 4.20. The summed E-state index contributed by atoms with van der Waals surface area (Å²) in [6.45, 7) is 5.96. The van der Waals surface area contributed by atoms with Crippen LogP contribution in [0.15, 0.2) is 24.3 Å². The highest BCUT2D eigenvalue weighted by Crippen LogP contribution is 2.17. The van der Waals surface area contributed by atoms with Crippen LogP contribution in [0.5, 0.6) is 0 Å². The molecule has 0 aliphatic carbocycles. The van der Waals surface area contributed by atoms with Gasteiger partial charge in [-0.25, -0.2) is 0 Å². The lowest BCUT2D eigenvalue weighted by atomic mass is 10.2. The number of nitrogens with one attached hydrogen (secondary N) is 1. The van der Waals surface area contributed by atoms with Gasteiger partial charge in [-0.3, -0.25) is 4.79 Å². The van der Waals surface area contributed by atoms with E-state index < -0.39 is 0 Å². The molecule has 1 aliphatic heterocycles. The summed E-state index contributed by atoms with van der Waals surface area (Å²) >= 11 is 0. The van der Waals surface area contributed by atoms with Gasteiger partial charge < -0.3 is 15.1 Å². The molecule has 4 nitrogen and oxygen atoms in total. The van der Waals surface area contributed by atoms with Crippen LogP contribution in [0.3, 0.4) is 0 Å². The molecule has 0 saturated carbocycles. The average molecular weight is 247 g/mol. The third-order valence-electron chi connectivity index (χ3n) is 3.37. The number of aryl methyl sites for hydroxylation is 1. The second-order valence-corrected chi connectivity index (χ2v) is 4.77. The van der Waals surface area contributed by atoms with E-state index in [0.717, 1.165) is 31.9 Å². The smallest absolute Gasteiger partial charge is 0.242 e. The summed E-state index contributed by atoms with van der Waals surface area (Å²) in [6.07, 6.45) is 0. The Bertz CT molecular complexity index is 413. The topological polar surface area (TPSA) is 35.6 Å². The van der Waals surface area contributed by atoms with Crippen LogP contribution >= 0.6 is 0 Å². The quantitative estimate of drug-likeness (QED) is 0.860. The minimum absolute atomic E-state index is 0.210. The van der Waals surface area contributed by atoms with Crippen LogP contribution in [-0.2, 0) is 4.79 Å². The van der Waals surface area contributed by atoms with E-state index in [-0.39, 0.29) is 5.91 Å². The number of para-hydroxylation sites is 1. The monoisotopic (exact) mass is 247 g/mol. The number of anilines is 1. The maximum absolute atomic E-state index is 12.1. The molecule has 2 rings (SSSR count). The molecule has 0 atom stereocenters. The van der Waals surface area contributed by atoms with Gasteiger partial charge >= 0.3 is 0 Å². The predicted molar refractivity (Wildman–Crippen MR) is 73.9 cm³/mol. The van der Waals surface area contributed by atoms with E-state index in [4.69, 9.17) is 0 Å². The van der Waals surface area contributed by atoms with Gasteiger partial charge in [-0.2, -0.15) is 0 Å². The standard InChI is InChI=1S/C14H21N3O/c1-12-5-3-4-6-13(12)16(2)11-14(18)17-9-7-15-8-10-17/h3-6,15H,7-11H2,1-2H3. The second kappa shape index (κ2) is 5.87. The molecule has 1 N–H and O–H groups in total. The van der Waals surface area contributed by atoms with Crippen LogP contribution in [0.1, 0.15) is 5.56 Å². The summed E-state index contributed by atoms with van der Waals surface area (Å²) in [5.74, 6) is 0.210. The lowest BCUT2D eigenvalue weighted by Crippen LogP contribution is -2.49. The molecular formula is C14H21N3O. The van der Waals surface area contributed by atoms with Crippen molar-refractivity contribution in [3.63, 3.8) is 0 Å². The second-order valence-electron chi connectivity index (χ2n) is 4.77. The van der Waals surface area contributed by atoms with Crippen molar-refractivity contribution in [3.8, 4) is 0 Å². The van der Waals surface area contributed by atoms with Crippen LogP contribution in [0.4, 0.5) is 5.69 Å². The molecule has 1 heterocycles. The van der Waals surface area contributed by atoms with E-state index in [2.05, 4.69) is 24.4 Å². The van der Waals surface area contributed by atoms with Gasteiger partial charge in [0.1, 0.15) is 0 Å². The summed E-state index contributed by atoms with van der Waals surface area (Å²) in [4.78, 5) is 16.1. The van der Waals surface area contributed by atoms with Crippen molar-refractivity contribution in [3.05, 3.63) is 29.8 Å². The highest BCUT2D eigenvalue weighted by Gasteiger charge is 2.18. The number of benzene rings is 1. The number of piperazine rings is 1. The number of carbonyl (C=O) groups is 1.